The number of nitrogens with one attached hydrogen (secondary N) is 1. The Balaban J connectivity index is 1.98. The van der Waals surface area contributed by atoms with Crippen LogP contribution < -0.4 is 5.32 Å². The van der Waals surface area contributed by atoms with Crippen LogP contribution in [0.3, 0.4) is 0 Å². The minimum Gasteiger partial charge on any atom is -0.369 e. The first-order valence-corrected chi connectivity index (χ1v) is 7.59. The summed E-state index contributed by atoms with van der Waals surface area (Å²) in [5.41, 5.74) is 0.445. The molecule has 5 heteroatoms. The normalized spacial score (nSPS) is 16.2. The maximum Gasteiger partial charge on any atom is 0.274 e. The lowest BCUT2D eigenvalue weighted by atomic mass is 9.94. The Bertz CT molecular complexity index is 441. The van der Waals surface area contributed by atoms with Gasteiger partial charge in [-0.25, -0.2) is 4.98 Å². The smallest absolute Gasteiger partial charge is 0.274 e. The average molecular weight is 276 g/mol. The highest BCUT2D eigenvalue weighted by molar-refractivity contribution is 5.92. The van der Waals surface area contributed by atoms with Crippen molar-refractivity contribution in [1.29, 1.82) is 0 Å². The molecule has 1 amide bonds. The van der Waals surface area contributed by atoms with Gasteiger partial charge in [0.1, 0.15) is 11.5 Å². The third-order valence-corrected chi connectivity index (χ3v) is 3.89. The van der Waals surface area contributed by atoms with Crippen molar-refractivity contribution in [2.45, 2.75) is 39.5 Å². The van der Waals surface area contributed by atoms with Gasteiger partial charge >= 0.3 is 0 Å². The van der Waals surface area contributed by atoms with Gasteiger partial charge in [-0.2, -0.15) is 0 Å². The number of anilines is 1. The number of nitrogens with zero attached hydrogens (tertiary/aromatic N) is 3. The molecule has 5 nitrogen and oxygen atoms in total. The summed E-state index contributed by atoms with van der Waals surface area (Å²) in [6.07, 6.45) is 7.65. The first-order valence-electron chi connectivity index (χ1n) is 7.59. The molecule has 0 saturated carbocycles. The molecule has 20 heavy (non-hydrogen) atoms. The molecule has 110 valence electrons. The van der Waals surface area contributed by atoms with Gasteiger partial charge < -0.3 is 10.2 Å². The quantitative estimate of drug-likeness (QED) is 0.898. The van der Waals surface area contributed by atoms with Gasteiger partial charge in [0, 0.05) is 19.6 Å². The summed E-state index contributed by atoms with van der Waals surface area (Å²) in [6, 6.07) is 0. The number of aromatic nitrogens is 2. The SMILES string of the molecule is CCCNc1cncc(C(=O)N2CCC(CC)CC2)n1. The minimum atomic E-state index is 0.00667. The third kappa shape index (κ3) is 3.68. The summed E-state index contributed by atoms with van der Waals surface area (Å²) in [7, 11) is 0. The zero-order valence-corrected chi connectivity index (χ0v) is 12.4. The Morgan fingerprint density at radius 2 is 2.10 bits per heavy atom. The highest BCUT2D eigenvalue weighted by Gasteiger charge is 2.23. The van der Waals surface area contributed by atoms with E-state index in [4.69, 9.17) is 0 Å². The molecular formula is C15H24N4O. The van der Waals surface area contributed by atoms with Gasteiger partial charge in [-0.1, -0.05) is 20.3 Å². The largest absolute Gasteiger partial charge is 0.369 e. The Kier molecular flexibility index (Phi) is 5.32. The molecule has 0 spiro atoms. The zero-order valence-electron chi connectivity index (χ0n) is 12.4. The van der Waals surface area contributed by atoms with Crippen molar-refractivity contribution in [1.82, 2.24) is 14.9 Å². The predicted octanol–water partition coefficient (Wildman–Crippen LogP) is 2.56. The van der Waals surface area contributed by atoms with E-state index in [2.05, 4.69) is 29.1 Å². The van der Waals surface area contributed by atoms with Crippen LogP contribution in [0.2, 0.25) is 0 Å². The van der Waals surface area contributed by atoms with Crippen molar-refractivity contribution in [2.75, 3.05) is 25.0 Å². The number of rotatable bonds is 5. The Labute approximate surface area is 120 Å². The van der Waals surface area contributed by atoms with E-state index in [0.29, 0.717) is 11.5 Å². The molecule has 1 fully saturated rings. The standard InChI is InChI=1S/C15H24N4O/c1-3-7-17-14-11-16-10-13(18-14)15(20)19-8-5-12(4-2)6-9-19/h10-12H,3-9H2,1-2H3,(H,17,18). The molecule has 1 saturated heterocycles. The number of likely N-dealkylation sites (tertiary alicyclic amines) is 1. The molecule has 0 aliphatic carbocycles. The highest BCUT2D eigenvalue weighted by atomic mass is 16.2. The second kappa shape index (κ2) is 7.22. The van der Waals surface area contributed by atoms with Crippen LogP contribution in [-0.2, 0) is 0 Å². The zero-order chi connectivity index (χ0) is 14.4. The van der Waals surface area contributed by atoms with E-state index in [1.54, 1.807) is 12.4 Å². The first-order chi connectivity index (χ1) is 9.74. The number of hydrogen-bond acceptors (Lipinski definition) is 4. The summed E-state index contributed by atoms with van der Waals surface area (Å²) < 4.78 is 0. The fourth-order valence-corrected chi connectivity index (χ4v) is 2.51. The van der Waals surface area contributed by atoms with Crippen LogP contribution in [0.25, 0.3) is 0 Å². The van der Waals surface area contributed by atoms with Crippen molar-refractivity contribution in [3.8, 4) is 0 Å². The molecule has 2 heterocycles. The lowest BCUT2D eigenvalue weighted by molar-refractivity contribution is 0.0682. The van der Waals surface area contributed by atoms with Crippen LogP contribution in [-0.4, -0.2) is 40.4 Å². The third-order valence-electron chi connectivity index (χ3n) is 3.89. The van der Waals surface area contributed by atoms with Crippen LogP contribution in [0, 0.1) is 5.92 Å². The lowest BCUT2D eigenvalue weighted by Gasteiger charge is -2.31. The Morgan fingerprint density at radius 1 is 1.35 bits per heavy atom. The molecule has 0 aromatic carbocycles. The summed E-state index contributed by atoms with van der Waals surface area (Å²) >= 11 is 0. The maximum absolute atomic E-state index is 12.4. The molecule has 1 N–H and O–H groups in total. The average Bonchev–Trinajstić information content (AvgIpc) is 2.52. The summed E-state index contributed by atoms with van der Waals surface area (Å²) in [6.45, 7) is 6.83. The number of carbonyl (C=O) groups excluding carboxylic acids is 1. The molecule has 0 unspecified atom stereocenters. The fraction of sp³-hybridized carbons (Fsp3) is 0.667. The van der Waals surface area contributed by atoms with Crippen molar-refractivity contribution >= 4 is 11.7 Å². The number of carbonyl (C=O) groups is 1. The van der Waals surface area contributed by atoms with E-state index in [1.807, 2.05) is 4.90 Å². The number of amides is 1. The highest BCUT2D eigenvalue weighted by Crippen LogP contribution is 2.21. The molecule has 1 aliphatic heterocycles. The summed E-state index contributed by atoms with van der Waals surface area (Å²) in [5, 5.41) is 3.16. The molecular weight excluding hydrogens is 252 g/mol. The van der Waals surface area contributed by atoms with E-state index in [1.165, 1.54) is 6.42 Å². The fourth-order valence-electron chi connectivity index (χ4n) is 2.51. The second-order valence-electron chi connectivity index (χ2n) is 5.36. The van der Waals surface area contributed by atoms with Crippen molar-refractivity contribution in [3.05, 3.63) is 18.1 Å². The van der Waals surface area contributed by atoms with E-state index in [0.717, 1.165) is 44.8 Å². The van der Waals surface area contributed by atoms with Crippen molar-refractivity contribution in [2.24, 2.45) is 5.92 Å². The molecule has 1 aromatic heterocycles. The Hall–Kier alpha value is -1.65. The molecule has 1 aliphatic rings. The second-order valence-corrected chi connectivity index (χ2v) is 5.36. The van der Waals surface area contributed by atoms with Gasteiger partial charge in [-0.15, -0.1) is 0 Å². The van der Waals surface area contributed by atoms with E-state index < -0.39 is 0 Å². The van der Waals surface area contributed by atoms with Gasteiger partial charge in [0.05, 0.1) is 12.4 Å². The molecule has 0 atom stereocenters. The van der Waals surface area contributed by atoms with Gasteiger partial charge in [0.15, 0.2) is 0 Å². The van der Waals surface area contributed by atoms with Crippen LogP contribution >= 0.6 is 0 Å². The van der Waals surface area contributed by atoms with Gasteiger partial charge in [-0.05, 0) is 25.2 Å². The van der Waals surface area contributed by atoms with Gasteiger partial charge in [0.25, 0.3) is 5.91 Å². The monoisotopic (exact) mass is 276 g/mol. The molecule has 2 rings (SSSR count). The summed E-state index contributed by atoms with van der Waals surface area (Å²) in [4.78, 5) is 22.8. The van der Waals surface area contributed by atoms with Crippen LogP contribution in [0.1, 0.15) is 50.0 Å². The first kappa shape index (κ1) is 14.8. The van der Waals surface area contributed by atoms with Crippen LogP contribution in [0.4, 0.5) is 5.82 Å². The Morgan fingerprint density at radius 3 is 2.75 bits per heavy atom. The topological polar surface area (TPSA) is 58.1 Å². The molecule has 0 radical (unpaired) electrons. The van der Waals surface area contributed by atoms with E-state index >= 15 is 0 Å². The lowest BCUT2D eigenvalue weighted by Crippen LogP contribution is -2.38. The molecule has 0 bridgehead atoms. The van der Waals surface area contributed by atoms with Crippen molar-refractivity contribution < 1.29 is 4.79 Å². The minimum absolute atomic E-state index is 0.00667. The summed E-state index contributed by atoms with van der Waals surface area (Å²) in [5.74, 6) is 1.45. The maximum atomic E-state index is 12.4. The van der Waals surface area contributed by atoms with E-state index in [9.17, 15) is 4.79 Å². The van der Waals surface area contributed by atoms with Crippen LogP contribution in [0.15, 0.2) is 12.4 Å². The van der Waals surface area contributed by atoms with Crippen molar-refractivity contribution in [3.63, 3.8) is 0 Å². The predicted molar refractivity (Wildman–Crippen MR) is 79.7 cm³/mol. The van der Waals surface area contributed by atoms with Crippen LogP contribution in [0.5, 0.6) is 0 Å². The molecule has 1 aromatic rings. The number of hydrogen-bond donors (Lipinski definition) is 1. The number of piperidine rings is 1. The van der Waals surface area contributed by atoms with Gasteiger partial charge in [0.2, 0.25) is 0 Å². The van der Waals surface area contributed by atoms with Gasteiger partial charge in [-0.3, -0.25) is 9.78 Å². The van der Waals surface area contributed by atoms with E-state index in [-0.39, 0.29) is 5.91 Å².